The number of alkyl halides is 2. The molecule has 1 aromatic carbocycles. The molecule has 106 valence electrons. The van der Waals surface area contributed by atoms with Gasteiger partial charge in [0.25, 0.3) is 6.43 Å². The number of halogens is 2. The summed E-state index contributed by atoms with van der Waals surface area (Å²) in [5.41, 5.74) is 5.71. The maximum Gasteiger partial charge on any atom is 0.264 e. The maximum absolute atomic E-state index is 13.2. The van der Waals surface area contributed by atoms with Crippen molar-refractivity contribution in [3.63, 3.8) is 0 Å². The number of hydrogen-bond donors (Lipinski definition) is 1. The molecule has 0 aliphatic carbocycles. The van der Waals surface area contributed by atoms with Crippen molar-refractivity contribution < 1.29 is 22.8 Å². The lowest BCUT2D eigenvalue weighted by atomic mass is 10.0. The van der Waals surface area contributed by atoms with Gasteiger partial charge in [0, 0.05) is 23.6 Å². The Morgan fingerprint density at radius 2 is 1.80 bits per heavy atom. The zero-order valence-electron chi connectivity index (χ0n) is 10.4. The summed E-state index contributed by atoms with van der Waals surface area (Å²) in [6, 6.07) is 4.16. The molecular formula is C13H12F2N2O3. The van der Waals surface area contributed by atoms with Crippen LogP contribution in [0.1, 0.15) is 18.4 Å². The standard InChI is InChI=1S/C13H12F2N2O3/c14-13(15)8-5-11-10(18-2-1-3-19-11)4-7(8)9-6-12(16)20-17-9/h4-6,13H,1-3,16H2. The number of aromatic nitrogens is 1. The number of hydrogen-bond acceptors (Lipinski definition) is 5. The van der Waals surface area contributed by atoms with E-state index in [9.17, 15) is 8.78 Å². The summed E-state index contributed by atoms with van der Waals surface area (Å²) in [6.07, 6.45) is -1.97. The van der Waals surface area contributed by atoms with Gasteiger partial charge >= 0.3 is 0 Å². The SMILES string of the molecule is Nc1cc(-c2cc3c(cc2C(F)F)OCCCO3)no1. The second-order valence-electron chi connectivity index (χ2n) is 4.35. The molecule has 1 aliphatic rings. The number of nitrogens with two attached hydrogens (primary N) is 1. The van der Waals surface area contributed by atoms with E-state index in [0.717, 1.165) is 0 Å². The second kappa shape index (κ2) is 4.99. The molecule has 0 radical (unpaired) electrons. The van der Waals surface area contributed by atoms with Crippen molar-refractivity contribution in [1.82, 2.24) is 5.16 Å². The van der Waals surface area contributed by atoms with Gasteiger partial charge in [-0.3, -0.25) is 0 Å². The lowest BCUT2D eigenvalue weighted by Gasteiger charge is -2.12. The highest BCUT2D eigenvalue weighted by Crippen LogP contribution is 2.40. The van der Waals surface area contributed by atoms with E-state index < -0.39 is 6.43 Å². The zero-order valence-corrected chi connectivity index (χ0v) is 10.4. The van der Waals surface area contributed by atoms with E-state index in [1.54, 1.807) is 0 Å². The van der Waals surface area contributed by atoms with Gasteiger partial charge in [-0.15, -0.1) is 0 Å². The minimum absolute atomic E-state index is 0.0623. The third-order valence-corrected chi connectivity index (χ3v) is 2.96. The predicted octanol–water partition coefficient (Wildman–Crippen LogP) is 3.02. The number of benzene rings is 1. The van der Waals surface area contributed by atoms with Crippen LogP contribution in [0.25, 0.3) is 11.3 Å². The van der Waals surface area contributed by atoms with Gasteiger partial charge in [-0.1, -0.05) is 5.16 Å². The van der Waals surface area contributed by atoms with Crippen LogP contribution in [0, 0.1) is 0 Å². The summed E-state index contributed by atoms with van der Waals surface area (Å²) in [5.74, 6) is 0.800. The highest BCUT2D eigenvalue weighted by molar-refractivity contribution is 5.70. The molecule has 2 aromatic rings. The summed E-state index contributed by atoms with van der Waals surface area (Å²) >= 11 is 0. The van der Waals surface area contributed by atoms with E-state index in [4.69, 9.17) is 19.7 Å². The Hall–Kier alpha value is -2.31. The van der Waals surface area contributed by atoms with Crippen LogP contribution in [0.5, 0.6) is 11.5 Å². The molecule has 1 aliphatic heterocycles. The Morgan fingerprint density at radius 3 is 2.40 bits per heavy atom. The Bertz CT molecular complexity index is 628. The van der Waals surface area contributed by atoms with Crippen molar-refractivity contribution in [2.45, 2.75) is 12.8 Å². The van der Waals surface area contributed by atoms with Crippen LogP contribution in [0.2, 0.25) is 0 Å². The van der Waals surface area contributed by atoms with Crippen molar-refractivity contribution in [2.75, 3.05) is 18.9 Å². The molecule has 0 atom stereocenters. The van der Waals surface area contributed by atoms with Gasteiger partial charge in [0.05, 0.1) is 13.2 Å². The molecule has 0 unspecified atom stereocenters. The van der Waals surface area contributed by atoms with Crippen LogP contribution in [-0.4, -0.2) is 18.4 Å². The van der Waals surface area contributed by atoms with Crippen LogP contribution in [-0.2, 0) is 0 Å². The fourth-order valence-corrected chi connectivity index (χ4v) is 2.04. The van der Waals surface area contributed by atoms with E-state index in [2.05, 4.69) is 5.16 Å². The minimum atomic E-state index is -2.67. The van der Waals surface area contributed by atoms with Crippen molar-refractivity contribution >= 4 is 5.88 Å². The number of fused-ring (bicyclic) bond motifs is 1. The minimum Gasteiger partial charge on any atom is -0.490 e. The molecule has 20 heavy (non-hydrogen) atoms. The molecule has 0 fully saturated rings. The van der Waals surface area contributed by atoms with Gasteiger partial charge in [0.1, 0.15) is 5.69 Å². The maximum atomic E-state index is 13.2. The highest BCUT2D eigenvalue weighted by atomic mass is 19.3. The first-order valence-corrected chi connectivity index (χ1v) is 6.09. The number of rotatable bonds is 2. The van der Waals surface area contributed by atoms with Crippen molar-refractivity contribution in [2.24, 2.45) is 0 Å². The van der Waals surface area contributed by atoms with Gasteiger partial charge in [-0.25, -0.2) is 8.78 Å². The number of nitrogen functional groups attached to an aromatic ring is 1. The van der Waals surface area contributed by atoms with E-state index in [1.807, 2.05) is 0 Å². The number of ether oxygens (including phenoxy) is 2. The molecule has 2 N–H and O–H groups in total. The number of nitrogens with zero attached hydrogens (tertiary/aromatic N) is 1. The summed E-state index contributed by atoms with van der Waals surface area (Å²) in [5, 5.41) is 3.67. The summed E-state index contributed by atoms with van der Waals surface area (Å²) in [6.45, 7) is 0.910. The average molecular weight is 282 g/mol. The third-order valence-electron chi connectivity index (χ3n) is 2.96. The first-order valence-electron chi connectivity index (χ1n) is 6.09. The molecule has 0 bridgehead atoms. The van der Waals surface area contributed by atoms with Gasteiger partial charge in [-0.2, -0.15) is 0 Å². The second-order valence-corrected chi connectivity index (χ2v) is 4.35. The summed E-state index contributed by atoms with van der Waals surface area (Å²) in [7, 11) is 0. The van der Waals surface area contributed by atoms with Gasteiger partial charge in [-0.05, 0) is 12.1 Å². The predicted molar refractivity (Wildman–Crippen MR) is 66.9 cm³/mol. The van der Waals surface area contributed by atoms with Crippen LogP contribution in [0.15, 0.2) is 22.7 Å². The first-order chi connectivity index (χ1) is 9.65. The van der Waals surface area contributed by atoms with Gasteiger partial charge in [0.2, 0.25) is 5.88 Å². The fourth-order valence-electron chi connectivity index (χ4n) is 2.04. The van der Waals surface area contributed by atoms with Crippen molar-refractivity contribution in [3.05, 3.63) is 23.8 Å². The lowest BCUT2D eigenvalue weighted by molar-refractivity contribution is 0.151. The largest absolute Gasteiger partial charge is 0.490 e. The Morgan fingerprint density at radius 1 is 1.10 bits per heavy atom. The number of anilines is 1. The molecule has 0 saturated heterocycles. The van der Waals surface area contributed by atoms with Gasteiger partial charge in [0.15, 0.2) is 11.5 Å². The molecule has 0 spiro atoms. The topological polar surface area (TPSA) is 70.5 Å². The Kier molecular flexibility index (Phi) is 3.17. The third kappa shape index (κ3) is 2.26. The zero-order chi connectivity index (χ0) is 14.1. The molecule has 0 amide bonds. The molecule has 5 nitrogen and oxygen atoms in total. The molecule has 7 heteroatoms. The van der Waals surface area contributed by atoms with E-state index in [-0.39, 0.29) is 22.7 Å². The van der Waals surface area contributed by atoms with Crippen LogP contribution >= 0.6 is 0 Å². The summed E-state index contributed by atoms with van der Waals surface area (Å²) in [4.78, 5) is 0. The first kappa shape index (κ1) is 12.7. The normalized spacial score (nSPS) is 14.3. The Labute approximate surface area is 113 Å². The van der Waals surface area contributed by atoms with Crippen molar-refractivity contribution in [3.8, 4) is 22.8 Å². The van der Waals surface area contributed by atoms with E-state index in [1.165, 1.54) is 18.2 Å². The molecule has 3 rings (SSSR count). The molecular weight excluding hydrogens is 270 g/mol. The monoisotopic (exact) mass is 282 g/mol. The Balaban J connectivity index is 2.14. The lowest BCUT2D eigenvalue weighted by Crippen LogP contribution is -1.97. The van der Waals surface area contributed by atoms with Crippen molar-refractivity contribution in [1.29, 1.82) is 0 Å². The average Bonchev–Trinajstić information content (AvgIpc) is 2.72. The molecule has 0 saturated carbocycles. The molecule has 1 aromatic heterocycles. The summed E-state index contributed by atoms with van der Waals surface area (Å²) < 4.78 is 42.0. The smallest absolute Gasteiger partial charge is 0.264 e. The highest BCUT2D eigenvalue weighted by Gasteiger charge is 2.22. The van der Waals surface area contributed by atoms with Crippen LogP contribution in [0.4, 0.5) is 14.7 Å². The quantitative estimate of drug-likeness (QED) is 0.916. The van der Waals surface area contributed by atoms with E-state index in [0.29, 0.717) is 31.1 Å². The van der Waals surface area contributed by atoms with Crippen LogP contribution in [0.3, 0.4) is 0 Å². The van der Waals surface area contributed by atoms with Crippen LogP contribution < -0.4 is 15.2 Å². The fraction of sp³-hybridized carbons (Fsp3) is 0.308. The van der Waals surface area contributed by atoms with E-state index >= 15 is 0 Å². The molecule has 2 heterocycles. The van der Waals surface area contributed by atoms with Gasteiger partial charge < -0.3 is 19.7 Å².